The van der Waals surface area contributed by atoms with Gasteiger partial charge in [-0.2, -0.15) is 129 Å². The Hall–Kier alpha value is -2.51. The lowest BCUT2D eigenvalue weighted by molar-refractivity contribution is -0.344. The minimum absolute atomic E-state index is 0.0244. The van der Waals surface area contributed by atoms with Crippen LogP contribution in [0, 0.1) is 0 Å². The van der Waals surface area contributed by atoms with E-state index in [1.165, 1.54) is 13.8 Å². The molecule has 10 nitrogen and oxygen atoms in total. The summed E-state index contributed by atoms with van der Waals surface area (Å²) in [5.74, 6) is -34.4. The summed E-state index contributed by atoms with van der Waals surface area (Å²) in [7, 11) is 0. The molecule has 0 aromatic heterocycles. The van der Waals surface area contributed by atoms with Gasteiger partial charge in [-0.25, -0.2) is 35.1 Å². The van der Waals surface area contributed by atoms with Gasteiger partial charge < -0.3 is 23.7 Å². The monoisotopic (exact) mass is 1270 g/mol. The van der Waals surface area contributed by atoms with Gasteiger partial charge in [-0.3, -0.25) is 24.0 Å². The van der Waals surface area contributed by atoms with E-state index in [2.05, 4.69) is 86.8 Å². The Labute approximate surface area is 446 Å². The SMILES string of the molecule is CC(C)(S)C(=O)OCC(F)(F)C(F)F.O=C(CCCCS)OCC(F)(F)C(F)F.O=C(CCCCS)OCC(F)(F)F.O=C(CCCS)OCC(F)(F)C(F)(F)C(F)(F)C(F)F.O=C(CCCS)OCC(F)(F)C(F)F. The summed E-state index contributed by atoms with van der Waals surface area (Å²) in [6.07, 6.45) is -18.7. The van der Waals surface area contributed by atoms with Gasteiger partial charge in [-0.05, 0) is 75.4 Å². The van der Waals surface area contributed by atoms with Gasteiger partial charge >= 0.3 is 97.3 Å². The normalized spacial score (nSPS) is 12.5. The first-order valence-corrected chi connectivity index (χ1v) is 23.6. The molecule has 0 aliphatic rings. The maximum absolute atomic E-state index is 12.9. The van der Waals surface area contributed by atoms with Crippen LogP contribution in [0.25, 0.3) is 0 Å². The quantitative estimate of drug-likeness (QED) is 0.0156. The number of unbranched alkanes of at least 4 members (excludes halogenated alkanes) is 2. The second-order valence-corrected chi connectivity index (χ2v) is 17.7. The Morgan fingerprint density at radius 2 is 0.645 bits per heavy atom. The summed E-state index contributed by atoms with van der Waals surface area (Å²) in [6, 6.07) is 0. The van der Waals surface area contributed by atoms with E-state index in [1.54, 1.807) is 0 Å². The highest BCUT2D eigenvalue weighted by atomic mass is 32.1. The minimum Gasteiger partial charge on any atom is -0.459 e. The van der Waals surface area contributed by atoms with Gasteiger partial charge in [0.1, 0.15) is 4.75 Å². The second kappa shape index (κ2) is 39.8. The Morgan fingerprint density at radius 1 is 0.382 bits per heavy atom. The van der Waals surface area contributed by atoms with E-state index in [9.17, 15) is 125 Å². The third-order valence-electron chi connectivity index (χ3n) is 7.32. The summed E-state index contributed by atoms with van der Waals surface area (Å²) >= 11 is 18.9. The number of hydrogen-bond acceptors (Lipinski definition) is 15. The van der Waals surface area contributed by atoms with Crippen molar-refractivity contribution < 1.29 is 149 Å². The highest BCUT2D eigenvalue weighted by Crippen LogP contribution is 2.48. The van der Waals surface area contributed by atoms with E-state index in [0.717, 1.165) is 0 Å². The Morgan fingerprint density at radius 3 is 0.895 bits per heavy atom. The molecule has 0 heterocycles. The van der Waals surface area contributed by atoms with Crippen molar-refractivity contribution in [1.82, 2.24) is 0 Å². The zero-order valence-corrected chi connectivity index (χ0v) is 43.7. The van der Waals surface area contributed by atoms with Crippen molar-refractivity contribution in [2.75, 3.05) is 56.0 Å². The fourth-order valence-electron chi connectivity index (χ4n) is 3.18. The van der Waals surface area contributed by atoms with Crippen LogP contribution in [0.3, 0.4) is 0 Å². The number of hydrogen-bond donors (Lipinski definition) is 5. The molecule has 0 aromatic carbocycles. The molecule has 0 aromatic rings. The van der Waals surface area contributed by atoms with Crippen LogP contribution in [0.2, 0.25) is 0 Å². The minimum atomic E-state index is -6.36. The molecule has 456 valence electrons. The van der Waals surface area contributed by atoms with Crippen molar-refractivity contribution in [2.45, 2.75) is 150 Å². The largest absolute Gasteiger partial charge is 0.459 e. The lowest BCUT2D eigenvalue weighted by atomic mass is 10.1. The van der Waals surface area contributed by atoms with Gasteiger partial charge in [0.2, 0.25) is 0 Å². The average molecular weight is 1270 g/mol. The molecule has 76 heavy (non-hydrogen) atoms. The molecule has 0 N–H and O–H groups in total. The Kier molecular flexibility index (Phi) is 43.1. The maximum atomic E-state index is 12.9. The summed E-state index contributed by atoms with van der Waals surface area (Å²) in [4.78, 5) is 53.7. The van der Waals surface area contributed by atoms with Crippen LogP contribution < -0.4 is 0 Å². The number of carbonyl (C=O) groups excluding carboxylic acids is 5. The number of thiol groups is 5. The number of rotatable bonds is 30. The first-order chi connectivity index (χ1) is 34.2. The average Bonchev–Trinajstić information content (AvgIpc) is 3.29. The summed E-state index contributed by atoms with van der Waals surface area (Å²) < 4.78 is 295. The van der Waals surface area contributed by atoms with Crippen LogP contribution in [0.15, 0.2) is 0 Å². The highest BCUT2D eigenvalue weighted by Gasteiger charge is 2.75. The van der Waals surface area contributed by atoms with Crippen molar-refractivity contribution in [3.8, 4) is 0 Å². The van der Waals surface area contributed by atoms with Crippen LogP contribution in [0.1, 0.15) is 78.1 Å². The first kappa shape index (κ1) is 82.3. The van der Waals surface area contributed by atoms with Crippen molar-refractivity contribution in [3.05, 3.63) is 0 Å². The molecule has 0 radical (unpaired) electrons. The van der Waals surface area contributed by atoms with E-state index < -0.39 is 141 Å². The van der Waals surface area contributed by atoms with Gasteiger partial charge in [0.15, 0.2) is 33.0 Å². The Balaban J connectivity index is -0.000000279. The molecule has 0 amide bonds. The van der Waals surface area contributed by atoms with Crippen molar-refractivity contribution in [3.63, 3.8) is 0 Å². The lowest BCUT2D eigenvalue weighted by Crippen LogP contribution is -2.59. The van der Waals surface area contributed by atoms with E-state index in [-0.39, 0.29) is 31.4 Å². The molecular weight excluding hydrogens is 1210 g/mol. The van der Waals surface area contributed by atoms with E-state index in [0.29, 0.717) is 49.4 Å². The zero-order valence-electron chi connectivity index (χ0n) is 39.3. The van der Waals surface area contributed by atoms with Crippen LogP contribution in [-0.4, -0.2) is 158 Å². The predicted octanol–water partition coefficient (Wildman–Crippen LogP) is 12.4. The fraction of sp³-hybridized carbons (Fsp3) is 0.868. The molecule has 0 fully saturated rings. The Bertz CT molecular complexity index is 1610. The molecule has 38 heteroatoms. The van der Waals surface area contributed by atoms with Crippen molar-refractivity contribution in [2.24, 2.45) is 0 Å². The van der Waals surface area contributed by atoms with Crippen molar-refractivity contribution >= 4 is 93.0 Å². The topological polar surface area (TPSA) is 132 Å². The molecule has 0 saturated carbocycles. The van der Waals surface area contributed by atoms with E-state index >= 15 is 0 Å². The van der Waals surface area contributed by atoms with E-state index in [1.807, 2.05) is 0 Å². The standard InChI is InChI=1S/C9H10F8O2S.C8H12F4O2S.2C7H10F4O2S.C7H11F3O2S/c10-6(11)8(14,15)9(16,17)7(12,13)4-19-5(18)2-1-3-20;9-7(10)8(11,12)5-14-6(13)3-1-2-4-15;1-6(2,14)5(12)13-3-7(10,11)4(8)9;8-6(9)7(10,11)4-13-5(12)2-1-3-14;8-7(9,10)5-12-6(11)3-1-2-4-13/h6,20H,1-4H2;7,15H,1-5H2;4,14H,3H2,1-2H3;6,14H,1-4H2;13H,1-5H2. The van der Waals surface area contributed by atoms with Crippen molar-refractivity contribution in [1.29, 1.82) is 0 Å². The number of carbonyl (C=O) groups is 5. The number of alkyl halides is 23. The molecule has 0 saturated heterocycles. The molecule has 0 spiro atoms. The second-order valence-electron chi connectivity index (χ2n) is 14.8. The van der Waals surface area contributed by atoms with Crippen LogP contribution in [-0.2, 0) is 47.7 Å². The van der Waals surface area contributed by atoms with Crippen LogP contribution >= 0.6 is 63.1 Å². The van der Waals surface area contributed by atoms with Gasteiger partial charge in [0.25, 0.3) is 0 Å². The maximum Gasteiger partial charge on any atom is 0.422 e. The number of ether oxygens (including phenoxy) is 5. The molecule has 0 aliphatic carbocycles. The number of esters is 5. The zero-order chi connectivity index (χ0) is 61.2. The molecule has 0 rings (SSSR count). The van der Waals surface area contributed by atoms with E-state index in [4.69, 9.17) is 0 Å². The lowest BCUT2D eigenvalue weighted by Gasteiger charge is -2.31. The summed E-state index contributed by atoms with van der Waals surface area (Å²) in [5, 5.41) is 0. The third-order valence-corrected chi connectivity index (χ3v) is 8.77. The predicted molar refractivity (Wildman–Crippen MR) is 239 cm³/mol. The fourth-order valence-corrected chi connectivity index (χ4v) is 4.01. The van der Waals surface area contributed by atoms with Crippen LogP contribution in [0.4, 0.5) is 101 Å². The smallest absolute Gasteiger partial charge is 0.422 e. The molecule has 0 unspecified atom stereocenters. The third kappa shape index (κ3) is 40.6. The summed E-state index contributed by atoms with van der Waals surface area (Å²) in [5.41, 5.74) is 0. The molecule has 0 aliphatic heterocycles. The molecule has 0 atom stereocenters. The first-order valence-electron chi connectivity index (χ1n) is 20.6. The van der Waals surface area contributed by atoms with Gasteiger partial charge in [-0.1, -0.05) is 0 Å². The van der Waals surface area contributed by atoms with Crippen LogP contribution in [0.5, 0.6) is 0 Å². The highest BCUT2D eigenvalue weighted by molar-refractivity contribution is 7.82. The molecule has 0 bridgehead atoms. The van der Waals surface area contributed by atoms with Gasteiger partial charge in [0.05, 0.1) is 0 Å². The molecular formula is C38H53F23O10S5. The van der Waals surface area contributed by atoms with Gasteiger partial charge in [-0.15, -0.1) is 0 Å². The summed E-state index contributed by atoms with van der Waals surface area (Å²) in [6.45, 7) is -6.08. The van der Waals surface area contributed by atoms with Gasteiger partial charge in [0, 0.05) is 25.7 Å². The number of halogens is 23.